The van der Waals surface area contributed by atoms with Crippen molar-refractivity contribution in [1.82, 2.24) is 5.32 Å². The minimum Gasteiger partial charge on any atom is -0.381 e. The molecule has 0 aromatic rings. The summed E-state index contributed by atoms with van der Waals surface area (Å²) in [4.78, 5) is 0. The fourth-order valence-electron chi connectivity index (χ4n) is 2.81. The monoisotopic (exact) mass is 243 g/mol. The molecule has 1 aliphatic heterocycles. The summed E-state index contributed by atoms with van der Waals surface area (Å²) in [6.07, 6.45) is 5.79. The van der Waals surface area contributed by atoms with E-state index < -0.39 is 0 Å². The van der Waals surface area contributed by atoms with E-state index >= 15 is 0 Å². The van der Waals surface area contributed by atoms with Gasteiger partial charge in [-0.05, 0) is 19.4 Å². The summed E-state index contributed by atoms with van der Waals surface area (Å²) in [5.41, 5.74) is -0.00994. The van der Waals surface area contributed by atoms with Crippen molar-refractivity contribution in [3.8, 4) is 0 Å². The quantitative estimate of drug-likeness (QED) is 0.745. The van der Waals surface area contributed by atoms with E-state index in [9.17, 15) is 0 Å². The van der Waals surface area contributed by atoms with Crippen molar-refractivity contribution in [1.29, 1.82) is 0 Å². The summed E-state index contributed by atoms with van der Waals surface area (Å²) in [5, 5.41) is 3.46. The van der Waals surface area contributed by atoms with E-state index in [4.69, 9.17) is 9.47 Å². The number of methoxy groups -OCH3 is 1. The Kier molecular flexibility index (Phi) is 6.45. The average Bonchev–Trinajstić information content (AvgIpc) is 2.35. The normalized spacial score (nSPS) is 21.7. The summed E-state index contributed by atoms with van der Waals surface area (Å²) >= 11 is 0. The third-order valence-electron chi connectivity index (χ3n) is 4.00. The molecule has 0 radical (unpaired) electrons. The standard InChI is InChI=1S/C14H29NO2/c1-12(2)6-5-7-13(15-3)14(16-4)8-10-17-11-9-14/h12-13,15H,5-11H2,1-4H3. The Labute approximate surface area is 106 Å². The first kappa shape index (κ1) is 14.9. The molecular weight excluding hydrogens is 214 g/mol. The third-order valence-corrected chi connectivity index (χ3v) is 4.00. The topological polar surface area (TPSA) is 30.5 Å². The predicted molar refractivity (Wildman–Crippen MR) is 71.3 cm³/mol. The second kappa shape index (κ2) is 7.34. The van der Waals surface area contributed by atoms with Crippen LogP contribution < -0.4 is 5.32 Å². The molecular formula is C14H29NO2. The number of ether oxygens (including phenoxy) is 2. The molecule has 3 nitrogen and oxygen atoms in total. The lowest BCUT2D eigenvalue weighted by Gasteiger charge is -2.42. The minimum absolute atomic E-state index is 0.00994. The summed E-state index contributed by atoms with van der Waals surface area (Å²) in [7, 11) is 3.90. The Morgan fingerprint density at radius 3 is 2.35 bits per heavy atom. The Morgan fingerprint density at radius 1 is 1.24 bits per heavy atom. The maximum atomic E-state index is 5.85. The van der Waals surface area contributed by atoms with Crippen LogP contribution in [0.2, 0.25) is 0 Å². The van der Waals surface area contributed by atoms with Gasteiger partial charge in [0.1, 0.15) is 0 Å². The Hall–Kier alpha value is -0.120. The van der Waals surface area contributed by atoms with Crippen molar-refractivity contribution in [3.05, 3.63) is 0 Å². The van der Waals surface area contributed by atoms with Crippen molar-refractivity contribution < 1.29 is 9.47 Å². The van der Waals surface area contributed by atoms with Crippen molar-refractivity contribution >= 4 is 0 Å². The first-order valence-corrected chi connectivity index (χ1v) is 6.95. The lowest BCUT2D eigenvalue weighted by Crippen LogP contribution is -2.54. The molecule has 3 heteroatoms. The Bertz CT molecular complexity index is 200. The van der Waals surface area contributed by atoms with Gasteiger partial charge in [-0.15, -0.1) is 0 Å². The maximum Gasteiger partial charge on any atom is 0.0874 e. The van der Waals surface area contributed by atoms with Gasteiger partial charge in [-0.1, -0.05) is 26.7 Å². The minimum atomic E-state index is -0.00994. The lowest BCUT2D eigenvalue weighted by atomic mass is 9.83. The summed E-state index contributed by atoms with van der Waals surface area (Å²) in [6.45, 7) is 6.23. The average molecular weight is 243 g/mol. The molecule has 0 amide bonds. The predicted octanol–water partition coefficient (Wildman–Crippen LogP) is 2.60. The Balaban J connectivity index is 2.50. The van der Waals surface area contributed by atoms with Gasteiger partial charge in [-0.3, -0.25) is 0 Å². The van der Waals surface area contributed by atoms with Gasteiger partial charge >= 0.3 is 0 Å². The highest BCUT2D eigenvalue weighted by Gasteiger charge is 2.39. The molecule has 0 bridgehead atoms. The van der Waals surface area contributed by atoms with E-state index in [2.05, 4.69) is 26.2 Å². The number of likely N-dealkylation sites (N-methyl/N-ethyl adjacent to an activating group) is 1. The number of nitrogens with one attached hydrogen (secondary N) is 1. The zero-order valence-corrected chi connectivity index (χ0v) is 11.9. The highest BCUT2D eigenvalue weighted by atomic mass is 16.5. The van der Waals surface area contributed by atoms with Crippen molar-refractivity contribution in [2.24, 2.45) is 5.92 Å². The van der Waals surface area contributed by atoms with Crippen LogP contribution in [0.5, 0.6) is 0 Å². The van der Waals surface area contributed by atoms with Crippen LogP contribution in [0.1, 0.15) is 46.0 Å². The molecule has 1 N–H and O–H groups in total. The van der Waals surface area contributed by atoms with E-state index in [1.807, 2.05) is 7.11 Å². The molecule has 1 atom stereocenters. The smallest absolute Gasteiger partial charge is 0.0874 e. The van der Waals surface area contributed by atoms with Crippen LogP contribution in [0.25, 0.3) is 0 Å². The van der Waals surface area contributed by atoms with Gasteiger partial charge in [0.05, 0.1) is 5.60 Å². The van der Waals surface area contributed by atoms with Crippen LogP contribution in [-0.4, -0.2) is 39.0 Å². The SMILES string of the molecule is CNC(CCCC(C)C)C1(OC)CCOCC1. The molecule has 0 aromatic carbocycles. The van der Waals surface area contributed by atoms with Crippen LogP contribution >= 0.6 is 0 Å². The van der Waals surface area contributed by atoms with Crippen LogP contribution in [0.3, 0.4) is 0 Å². The van der Waals surface area contributed by atoms with Crippen molar-refractivity contribution in [2.75, 3.05) is 27.4 Å². The van der Waals surface area contributed by atoms with E-state index in [-0.39, 0.29) is 5.60 Å². The molecule has 0 spiro atoms. The number of rotatable bonds is 7. The van der Waals surface area contributed by atoms with Crippen molar-refractivity contribution in [2.45, 2.75) is 57.6 Å². The number of hydrogen-bond donors (Lipinski definition) is 1. The second-order valence-corrected chi connectivity index (χ2v) is 5.55. The molecule has 0 aliphatic carbocycles. The first-order valence-electron chi connectivity index (χ1n) is 6.95. The lowest BCUT2D eigenvalue weighted by molar-refractivity contribution is -0.111. The number of hydrogen-bond acceptors (Lipinski definition) is 3. The van der Waals surface area contributed by atoms with Crippen molar-refractivity contribution in [3.63, 3.8) is 0 Å². The van der Waals surface area contributed by atoms with Crippen LogP contribution in [0.15, 0.2) is 0 Å². The van der Waals surface area contributed by atoms with Gasteiger partial charge in [0.2, 0.25) is 0 Å². The fraction of sp³-hybridized carbons (Fsp3) is 1.00. The summed E-state index contributed by atoms with van der Waals surface area (Å²) < 4.78 is 11.3. The molecule has 0 aromatic heterocycles. The van der Waals surface area contributed by atoms with Gasteiger partial charge < -0.3 is 14.8 Å². The highest BCUT2D eigenvalue weighted by Crippen LogP contribution is 2.30. The van der Waals surface area contributed by atoms with E-state index in [0.29, 0.717) is 6.04 Å². The van der Waals surface area contributed by atoms with Gasteiger partial charge in [0.15, 0.2) is 0 Å². The molecule has 1 saturated heterocycles. The molecule has 1 fully saturated rings. The van der Waals surface area contributed by atoms with Crippen LogP contribution in [0, 0.1) is 5.92 Å². The van der Waals surface area contributed by atoms with Gasteiger partial charge in [0, 0.05) is 39.2 Å². The maximum absolute atomic E-state index is 5.85. The molecule has 1 aliphatic rings. The van der Waals surface area contributed by atoms with E-state index in [0.717, 1.165) is 32.0 Å². The summed E-state index contributed by atoms with van der Waals surface area (Å²) in [5.74, 6) is 0.792. The van der Waals surface area contributed by atoms with E-state index in [1.54, 1.807) is 0 Å². The fourth-order valence-corrected chi connectivity index (χ4v) is 2.81. The zero-order chi connectivity index (χ0) is 12.7. The largest absolute Gasteiger partial charge is 0.381 e. The third kappa shape index (κ3) is 4.23. The van der Waals surface area contributed by atoms with E-state index in [1.165, 1.54) is 19.3 Å². The van der Waals surface area contributed by atoms with Gasteiger partial charge in [0.25, 0.3) is 0 Å². The second-order valence-electron chi connectivity index (χ2n) is 5.55. The van der Waals surface area contributed by atoms with Crippen LogP contribution in [0.4, 0.5) is 0 Å². The molecule has 1 unspecified atom stereocenters. The molecule has 0 saturated carbocycles. The zero-order valence-electron chi connectivity index (χ0n) is 11.9. The molecule has 102 valence electrons. The van der Waals surface area contributed by atoms with Gasteiger partial charge in [-0.25, -0.2) is 0 Å². The molecule has 1 heterocycles. The summed E-state index contributed by atoms with van der Waals surface area (Å²) in [6, 6.07) is 0.454. The molecule has 17 heavy (non-hydrogen) atoms. The van der Waals surface area contributed by atoms with Gasteiger partial charge in [-0.2, -0.15) is 0 Å². The molecule has 1 rings (SSSR count). The highest BCUT2D eigenvalue weighted by molar-refractivity contribution is 4.94. The first-order chi connectivity index (χ1) is 8.14. The Morgan fingerprint density at radius 2 is 1.88 bits per heavy atom. The van der Waals surface area contributed by atoms with Crippen LogP contribution in [-0.2, 0) is 9.47 Å².